The highest BCUT2D eigenvalue weighted by atomic mass is 35.5. The maximum atomic E-state index is 5.96. The van der Waals surface area contributed by atoms with Crippen molar-refractivity contribution in [1.29, 1.82) is 0 Å². The van der Waals surface area contributed by atoms with Crippen molar-refractivity contribution in [1.82, 2.24) is 9.88 Å². The molecule has 1 fully saturated rings. The predicted octanol–water partition coefficient (Wildman–Crippen LogP) is 2.37. The zero-order chi connectivity index (χ0) is 12.3. The lowest BCUT2D eigenvalue weighted by molar-refractivity contribution is 0.165. The van der Waals surface area contributed by atoms with E-state index in [9.17, 15) is 0 Å². The molecule has 3 nitrogen and oxygen atoms in total. The fourth-order valence-electron chi connectivity index (χ4n) is 2.54. The van der Waals surface area contributed by atoms with Gasteiger partial charge in [0.15, 0.2) is 0 Å². The molecule has 2 N–H and O–H groups in total. The molecular formula is C14H24ClN3. The van der Waals surface area contributed by atoms with Crippen LogP contribution in [-0.4, -0.2) is 29.0 Å². The zero-order valence-corrected chi connectivity index (χ0v) is 12.1. The molecule has 1 aromatic rings. The number of hydrogen-bond donors (Lipinski definition) is 1. The molecule has 1 saturated heterocycles. The summed E-state index contributed by atoms with van der Waals surface area (Å²) < 4.78 is 0. The molecule has 1 aliphatic rings. The van der Waals surface area contributed by atoms with E-state index in [1.54, 1.807) is 0 Å². The van der Waals surface area contributed by atoms with Gasteiger partial charge in [0.2, 0.25) is 0 Å². The largest absolute Gasteiger partial charge is 0.328 e. The van der Waals surface area contributed by atoms with Gasteiger partial charge in [-0.1, -0.05) is 0 Å². The van der Waals surface area contributed by atoms with Crippen LogP contribution in [0, 0.1) is 12.8 Å². The summed E-state index contributed by atoms with van der Waals surface area (Å²) in [5.74, 6) is 0.709. The summed E-state index contributed by atoms with van der Waals surface area (Å²) in [5.41, 5.74) is 8.66. The molecule has 0 aromatic carbocycles. The summed E-state index contributed by atoms with van der Waals surface area (Å²) in [6.07, 6.45) is 6.32. The minimum Gasteiger partial charge on any atom is -0.328 e. The Morgan fingerprint density at radius 3 is 2.67 bits per heavy atom. The molecule has 4 heteroatoms. The third-order valence-electron chi connectivity index (χ3n) is 3.92. The lowest BCUT2D eigenvalue weighted by Crippen LogP contribution is -2.39. The van der Waals surface area contributed by atoms with E-state index in [2.05, 4.69) is 29.8 Å². The summed E-state index contributed by atoms with van der Waals surface area (Å²) >= 11 is 0. The third kappa shape index (κ3) is 3.94. The molecule has 0 radical (unpaired) electrons. The molecule has 0 spiro atoms. The molecule has 102 valence electrons. The molecule has 0 amide bonds. The van der Waals surface area contributed by atoms with Gasteiger partial charge in [-0.25, -0.2) is 0 Å². The molecule has 1 aliphatic heterocycles. The molecule has 1 unspecified atom stereocenters. The Labute approximate surface area is 116 Å². The molecule has 0 bridgehead atoms. The van der Waals surface area contributed by atoms with E-state index >= 15 is 0 Å². The fourth-order valence-corrected chi connectivity index (χ4v) is 2.54. The number of likely N-dealkylation sites (tertiary alicyclic amines) is 1. The Morgan fingerprint density at radius 2 is 2.11 bits per heavy atom. The van der Waals surface area contributed by atoms with Crippen LogP contribution in [0.1, 0.15) is 30.9 Å². The minimum atomic E-state index is 0. The Bertz CT molecular complexity index is 360. The number of nitrogens with zero attached hydrogens (tertiary/aromatic N) is 2. The van der Waals surface area contributed by atoms with Crippen LogP contribution in [0.5, 0.6) is 0 Å². The monoisotopic (exact) mass is 269 g/mol. The van der Waals surface area contributed by atoms with Crippen LogP contribution in [-0.2, 0) is 6.54 Å². The van der Waals surface area contributed by atoms with E-state index < -0.39 is 0 Å². The van der Waals surface area contributed by atoms with Crippen LogP contribution < -0.4 is 5.73 Å². The van der Waals surface area contributed by atoms with Crippen LogP contribution in [0.2, 0.25) is 0 Å². The number of aryl methyl sites for hydroxylation is 1. The maximum Gasteiger partial charge on any atom is 0.0315 e. The Kier molecular flexibility index (Phi) is 6.06. The number of halogens is 1. The molecule has 0 saturated carbocycles. The molecule has 2 heterocycles. The number of hydrogen-bond acceptors (Lipinski definition) is 3. The van der Waals surface area contributed by atoms with Crippen molar-refractivity contribution in [3.05, 3.63) is 29.6 Å². The first kappa shape index (κ1) is 15.4. The van der Waals surface area contributed by atoms with Gasteiger partial charge < -0.3 is 5.73 Å². The quantitative estimate of drug-likeness (QED) is 0.916. The van der Waals surface area contributed by atoms with Gasteiger partial charge in [-0.3, -0.25) is 9.88 Å². The number of pyridine rings is 1. The minimum absolute atomic E-state index is 0. The van der Waals surface area contributed by atoms with E-state index in [0.717, 1.165) is 6.54 Å². The van der Waals surface area contributed by atoms with Crippen molar-refractivity contribution in [2.24, 2.45) is 11.7 Å². The second-order valence-electron chi connectivity index (χ2n) is 5.27. The number of aromatic nitrogens is 1. The van der Waals surface area contributed by atoms with Gasteiger partial charge in [-0.2, -0.15) is 0 Å². The lowest BCUT2D eigenvalue weighted by Gasteiger charge is -2.33. The highest BCUT2D eigenvalue weighted by Gasteiger charge is 2.21. The van der Waals surface area contributed by atoms with E-state index in [-0.39, 0.29) is 12.4 Å². The third-order valence-corrected chi connectivity index (χ3v) is 3.92. The van der Waals surface area contributed by atoms with Crippen molar-refractivity contribution in [2.75, 3.05) is 13.1 Å². The van der Waals surface area contributed by atoms with Crippen LogP contribution in [0.15, 0.2) is 18.5 Å². The molecule has 2 rings (SSSR count). The van der Waals surface area contributed by atoms with Crippen molar-refractivity contribution in [3.63, 3.8) is 0 Å². The van der Waals surface area contributed by atoms with E-state index in [1.807, 2.05) is 12.4 Å². The number of rotatable bonds is 3. The number of piperidine rings is 1. The second-order valence-corrected chi connectivity index (χ2v) is 5.27. The average molecular weight is 270 g/mol. The van der Waals surface area contributed by atoms with Crippen molar-refractivity contribution >= 4 is 12.4 Å². The topological polar surface area (TPSA) is 42.2 Å². The first-order chi connectivity index (χ1) is 8.16. The molecule has 1 aromatic heterocycles. The van der Waals surface area contributed by atoms with Gasteiger partial charge in [0, 0.05) is 25.0 Å². The molecule has 0 aliphatic carbocycles. The van der Waals surface area contributed by atoms with Crippen molar-refractivity contribution in [2.45, 2.75) is 39.3 Å². The van der Waals surface area contributed by atoms with Crippen LogP contribution in [0.3, 0.4) is 0 Å². The van der Waals surface area contributed by atoms with Crippen molar-refractivity contribution < 1.29 is 0 Å². The van der Waals surface area contributed by atoms with E-state index in [0.29, 0.717) is 12.0 Å². The summed E-state index contributed by atoms with van der Waals surface area (Å²) in [6, 6.07) is 2.43. The zero-order valence-electron chi connectivity index (χ0n) is 11.3. The second kappa shape index (κ2) is 7.07. The highest BCUT2D eigenvalue weighted by molar-refractivity contribution is 5.85. The standard InChI is InChI=1S/C14H23N3.ClH/c1-11-3-6-16-9-14(11)10-17-7-4-13(5-8-17)12(2)15;/h3,6,9,12-13H,4-5,7-8,10,15H2,1-2H3;1H. The lowest BCUT2D eigenvalue weighted by atomic mass is 9.91. The van der Waals surface area contributed by atoms with Gasteiger partial charge in [-0.05, 0) is 62.9 Å². The van der Waals surface area contributed by atoms with Gasteiger partial charge in [0.25, 0.3) is 0 Å². The maximum absolute atomic E-state index is 5.96. The van der Waals surface area contributed by atoms with Gasteiger partial charge in [0.1, 0.15) is 0 Å². The summed E-state index contributed by atoms with van der Waals surface area (Å²) in [5, 5.41) is 0. The molecule has 1 atom stereocenters. The fraction of sp³-hybridized carbons (Fsp3) is 0.643. The van der Waals surface area contributed by atoms with Crippen LogP contribution in [0.25, 0.3) is 0 Å². The molecular weight excluding hydrogens is 246 g/mol. The SMILES string of the molecule is Cc1ccncc1CN1CCC(C(C)N)CC1.Cl. The highest BCUT2D eigenvalue weighted by Crippen LogP contribution is 2.21. The Morgan fingerprint density at radius 1 is 1.44 bits per heavy atom. The van der Waals surface area contributed by atoms with Crippen LogP contribution >= 0.6 is 12.4 Å². The smallest absolute Gasteiger partial charge is 0.0315 e. The summed E-state index contributed by atoms with van der Waals surface area (Å²) in [6.45, 7) is 7.66. The van der Waals surface area contributed by atoms with Gasteiger partial charge in [0.05, 0.1) is 0 Å². The van der Waals surface area contributed by atoms with Gasteiger partial charge in [-0.15, -0.1) is 12.4 Å². The van der Waals surface area contributed by atoms with E-state index in [1.165, 1.54) is 37.1 Å². The summed E-state index contributed by atoms with van der Waals surface area (Å²) in [7, 11) is 0. The predicted molar refractivity (Wildman–Crippen MR) is 77.9 cm³/mol. The summed E-state index contributed by atoms with van der Waals surface area (Å²) in [4.78, 5) is 6.72. The normalized spacial score (nSPS) is 19.3. The molecule has 18 heavy (non-hydrogen) atoms. The number of nitrogens with two attached hydrogens (primary N) is 1. The van der Waals surface area contributed by atoms with Crippen LogP contribution in [0.4, 0.5) is 0 Å². The average Bonchev–Trinajstić information content (AvgIpc) is 2.33. The first-order valence-electron chi connectivity index (χ1n) is 6.54. The first-order valence-corrected chi connectivity index (χ1v) is 6.54. The van der Waals surface area contributed by atoms with E-state index in [4.69, 9.17) is 5.73 Å². The van der Waals surface area contributed by atoms with Crippen molar-refractivity contribution in [3.8, 4) is 0 Å². The Hall–Kier alpha value is -0.640. The van der Waals surface area contributed by atoms with Gasteiger partial charge >= 0.3 is 0 Å². The Balaban J connectivity index is 0.00000162.